The number of hydrogen-bond acceptors (Lipinski definition) is 6. The van der Waals surface area contributed by atoms with E-state index in [4.69, 9.17) is 14.0 Å². The van der Waals surface area contributed by atoms with Crippen LogP contribution in [0.4, 0.5) is 18.9 Å². The summed E-state index contributed by atoms with van der Waals surface area (Å²) in [4.78, 5) is 18.4. The maximum atomic E-state index is 13.0. The molecule has 31 heavy (non-hydrogen) atoms. The van der Waals surface area contributed by atoms with Gasteiger partial charge in [0.1, 0.15) is 13.2 Å². The Morgan fingerprint density at radius 3 is 2.65 bits per heavy atom. The quantitative estimate of drug-likeness (QED) is 0.623. The van der Waals surface area contributed by atoms with Gasteiger partial charge in [0.05, 0.1) is 11.5 Å². The number of halogens is 3. The average Bonchev–Trinajstić information content (AvgIpc) is 3.40. The molecule has 2 aromatic carbocycles. The first kappa shape index (κ1) is 19.4. The molecule has 2 aliphatic rings. The molecule has 0 radical (unpaired) electrons. The fraction of sp³-hybridized carbons (Fsp3) is 0.286. The number of nitrogens with zero attached hydrogens (tertiary/aromatic N) is 3. The lowest BCUT2D eigenvalue weighted by atomic mass is 10.1. The fourth-order valence-electron chi connectivity index (χ4n) is 3.68. The molecule has 3 heterocycles. The van der Waals surface area contributed by atoms with Crippen molar-refractivity contribution in [3.05, 3.63) is 53.9 Å². The highest BCUT2D eigenvalue weighted by atomic mass is 19.4. The van der Waals surface area contributed by atoms with Crippen LogP contribution in [0.3, 0.4) is 0 Å². The summed E-state index contributed by atoms with van der Waals surface area (Å²) in [5.74, 6) is 0.964. The second kappa shape index (κ2) is 7.29. The number of alkyl halides is 3. The largest absolute Gasteiger partial charge is 0.486 e. The van der Waals surface area contributed by atoms with Crippen LogP contribution in [0.15, 0.2) is 47.0 Å². The molecule has 1 amide bonds. The highest BCUT2D eigenvalue weighted by Crippen LogP contribution is 2.38. The molecule has 1 saturated heterocycles. The van der Waals surface area contributed by atoms with E-state index in [-0.39, 0.29) is 35.5 Å². The Morgan fingerprint density at radius 2 is 1.84 bits per heavy atom. The van der Waals surface area contributed by atoms with Gasteiger partial charge in [-0.2, -0.15) is 18.2 Å². The Kier molecular flexibility index (Phi) is 4.57. The van der Waals surface area contributed by atoms with Crippen LogP contribution < -0.4 is 14.4 Å². The van der Waals surface area contributed by atoms with Gasteiger partial charge in [0.25, 0.3) is 0 Å². The molecule has 0 bridgehead atoms. The molecular weight excluding hydrogens is 415 g/mol. The molecule has 10 heteroatoms. The minimum absolute atomic E-state index is 0.0475. The third-order valence-corrected chi connectivity index (χ3v) is 5.20. The van der Waals surface area contributed by atoms with Crippen LogP contribution in [0, 0.1) is 0 Å². The van der Waals surface area contributed by atoms with Gasteiger partial charge in [-0.25, -0.2) is 0 Å². The number of anilines is 1. The van der Waals surface area contributed by atoms with E-state index in [0.29, 0.717) is 36.9 Å². The number of fused-ring (bicyclic) bond motifs is 1. The molecule has 160 valence electrons. The van der Waals surface area contributed by atoms with Gasteiger partial charge in [-0.1, -0.05) is 17.3 Å². The van der Waals surface area contributed by atoms with Crippen LogP contribution >= 0.6 is 0 Å². The van der Waals surface area contributed by atoms with E-state index >= 15 is 0 Å². The highest BCUT2D eigenvalue weighted by Gasteiger charge is 2.36. The van der Waals surface area contributed by atoms with Crippen molar-refractivity contribution in [2.45, 2.75) is 18.5 Å². The van der Waals surface area contributed by atoms with Crippen LogP contribution in [0.25, 0.3) is 11.4 Å². The molecular formula is C21H16F3N3O4. The van der Waals surface area contributed by atoms with Crippen LogP contribution in [0.1, 0.15) is 23.8 Å². The van der Waals surface area contributed by atoms with Gasteiger partial charge < -0.3 is 18.9 Å². The van der Waals surface area contributed by atoms with Crippen molar-refractivity contribution in [3.8, 4) is 22.9 Å². The Bertz CT molecular complexity index is 1140. The standard InChI is InChI=1S/C21H16F3N3O4/c22-21(23,24)14-3-1-2-12(8-14)19-25-20(31-26-19)13-9-18(28)27(11-13)15-4-5-16-17(10-15)30-7-6-29-16/h1-5,8,10,13H,6-7,9,11H2. The maximum Gasteiger partial charge on any atom is 0.416 e. The van der Waals surface area contributed by atoms with Crippen molar-refractivity contribution in [3.63, 3.8) is 0 Å². The van der Waals surface area contributed by atoms with Gasteiger partial charge in [0.15, 0.2) is 11.5 Å². The number of rotatable bonds is 3. The number of carbonyl (C=O) groups is 1. The van der Waals surface area contributed by atoms with Crippen molar-refractivity contribution < 1.29 is 32.0 Å². The molecule has 1 unspecified atom stereocenters. The zero-order valence-electron chi connectivity index (χ0n) is 16.1. The second-order valence-corrected chi connectivity index (χ2v) is 7.27. The first-order valence-corrected chi connectivity index (χ1v) is 9.60. The average molecular weight is 431 g/mol. The Morgan fingerprint density at radius 1 is 1.03 bits per heavy atom. The van der Waals surface area contributed by atoms with E-state index in [2.05, 4.69) is 10.1 Å². The third kappa shape index (κ3) is 3.69. The van der Waals surface area contributed by atoms with E-state index in [1.54, 1.807) is 23.1 Å². The van der Waals surface area contributed by atoms with Crippen LogP contribution in [-0.2, 0) is 11.0 Å². The number of benzene rings is 2. The topological polar surface area (TPSA) is 77.7 Å². The number of ether oxygens (including phenoxy) is 2. The third-order valence-electron chi connectivity index (χ3n) is 5.20. The van der Waals surface area contributed by atoms with Crippen LogP contribution in [0.5, 0.6) is 11.5 Å². The van der Waals surface area contributed by atoms with E-state index < -0.39 is 11.7 Å². The normalized spacial score (nSPS) is 18.5. The molecule has 2 aliphatic heterocycles. The molecule has 1 aromatic heterocycles. The Labute approximate surface area is 174 Å². The van der Waals surface area contributed by atoms with Crippen molar-refractivity contribution in [1.82, 2.24) is 10.1 Å². The number of aromatic nitrogens is 2. The molecule has 3 aromatic rings. The number of carbonyl (C=O) groups excluding carboxylic acids is 1. The smallest absolute Gasteiger partial charge is 0.416 e. The molecule has 1 atom stereocenters. The Hall–Kier alpha value is -3.56. The first-order valence-electron chi connectivity index (χ1n) is 9.60. The number of amides is 1. The summed E-state index contributed by atoms with van der Waals surface area (Å²) in [5, 5.41) is 3.81. The molecule has 5 rings (SSSR count). The van der Waals surface area contributed by atoms with Gasteiger partial charge in [-0.15, -0.1) is 0 Å². The fourth-order valence-corrected chi connectivity index (χ4v) is 3.68. The second-order valence-electron chi connectivity index (χ2n) is 7.27. The van der Waals surface area contributed by atoms with E-state index in [0.717, 1.165) is 12.1 Å². The lowest BCUT2D eigenvalue weighted by molar-refractivity contribution is -0.137. The van der Waals surface area contributed by atoms with Gasteiger partial charge in [0.2, 0.25) is 17.6 Å². The van der Waals surface area contributed by atoms with Crippen molar-refractivity contribution in [1.29, 1.82) is 0 Å². The molecule has 0 saturated carbocycles. The highest BCUT2D eigenvalue weighted by molar-refractivity contribution is 5.96. The minimum atomic E-state index is -4.47. The van der Waals surface area contributed by atoms with E-state index in [1.807, 2.05) is 0 Å². The molecule has 0 aliphatic carbocycles. The zero-order chi connectivity index (χ0) is 21.6. The molecule has 0 spiro atoms. The van der Waals surface area contributed by atoms with E-state index in [9.17, 15) is 18.0 Å². The SMILES string of the molecule is O=C1CC(c2nc(-c3cccc(C(F)(F)F)c3)no2)CN1c1ccc2c(c1)OCCO2. The summed E-state index contributed by atoms with van der Waals surface area (Å²) >= 11 is 0. The molecule has 0 N–H and O–H groups in total. The van der Waals surface area contributed by atoms with Gasteiger partial charge in [-0.05, 0) is 24.3 Å². The number of hydrogen-bond donors (Lipinski definition) is 0. The predicted molar refractivity (Wildman–Crippen MR) is 102 cm³/mol. The maximum absolute atomic E-state index is 13.0. The monoisotopic (exact) mass is 431 g/mol. The summed E-state index contributed by atoms with van der Waals surface area (Å²) in [6.45, 7) is 1.22. The Balaban J connectivity index is 1.36. The summed E-state index contributed by atoms with van der Waals surface area (Å²) in [7, 11) is 0. The van der Waals surface area contributed by atoms with Crippen LogP contribution in [0.2, 0.25) is 0 Å². The van der Waals surface area contributed by atoms with Crippen LogP contribution in [-0.4, -0.2) is 35.8 Å². The minimum Gasteiger partial charge on any atom is -0.486 e. The first-order chi connectivity index (χ1) is 14.9. The predicted octanol–water partition coefficient (Wildman–Crippen LogP) is 4.05. The van der Waals surface area contributed by atoms with Gasteiger partial charge >= 0.3 is 6.18 Å². The lowest BCUT2D eigenvalue weighted by Crippen LogP contribution is -2.24. The summed E-state index contributed by atoms with van der Waals surface area (Å²) in [6, 6.07) is 9.98. The summed E-state index contributed by atoms with van der Waals surface area (Å²) in [6.07, 6.45) is -4.32. The molecule has 1 fully saturated rings. The van der Waals surface area contributed by atoms with Gasteiger partial charge in [-0.3, -0.25) is 4.79 Å². The van der Waals surface area contributed by atoms with Crippen molar-refractivity contribution >= 4 is 11.6 Å². The lowest BCUT2D eigenvalue weighted by Gasteiger charge is -2.22. The van der Waals surface area contributed by atoms with E-state index in [1.165, 1.54) is 12.1 Å². The van der Waals surface area contributed by atoms with Crippen molar-refractivity contribution in [2.75, 3.05) is 24.7 Å². The molecule has 7 nitrogen and oxygen atoms in total. The zero-order valence-corrected chi connectivity index (χ0v) is 16.1. The summed E-state index contributed by atoms with van der Waals surface area (Å²) in [5.41, 5.74) is 0.0596. The van der Waals surface area contributed by atoms with Crippen molar-refractivity contribution in [2.24, 2.45) is 0 Å². The summed E-state index contributed by atoms with van der Waals surface area (Å²) < 4.78 is 55.2. The van der Waals surface area contributed by atoms with Gasteiger partial charge in [0, 0.05) is 30.3 Å².